The lowest BCUT2D eigenvalue weighted by Gasteiger charge is -2.31. The fourth-order valence-corrected chi connectivity index (χ4v) is 1.54. The number of amides is 1. The summed E-state index contributed by atoms with van der Waals surface area (Å²) < 4.78 is 5.52. The summed E-state index contributed by atoms with van der Waals surface area (Å²) in [7, 11) is 3.69. The van der Waals surface area contributed by atoms with Gasteiger partial charge in [0.1, 0.15) is 0 Å². The molecule has 2 N–H and O–H groups in total. The number of nitrogens with zero attached hydrogens (tertiary/aromatic N) is 1. The standard InChI is InChI=1S/C10H13N2O2/c1-12(2)8-4-3-7(11)5-9(8)14-6-10(12)13/h3-5H,6,11H2,1-2H3/q+1. The van der Waals surface area contributed by atoms with Crippen LogP contribution in [0.1, 0.15) is 0 Å². The van der Waals surface area contributed by atoms with E-state index in [0.29, 0.717) is 11.4 Å². The molecule has 0 fully saturated rings. The monoisotopic (exact) mass is 193 g/mol. The van der Waals surface area contributed by atoms with Crippen molar-refractivity contribution < 1.29 is 9.53 Å². The maximum Gasteiger partial charge on any atom is 0.356 e. The molecule has 0 aromatic heterocycles. The van der Waals surface area contributed by atoms with Crippen molar-refractivity contribution in [3.8, 4) is 5.75 Å². The van der Waals surface area contributed by atoms with Gasteiger partial charge in [-0.15, -0.1) is 0 Å². The van der Waals surface area contributed by atoms with Gasteiger partial charge in [-0.05, 0) is 6.07 Å². The molecule has 2 rings (SSSR count). The second-order valence-electron chi connectivity index (χ2n) is 3.86. The number of ether oxygens (including phenoxy) is 1. The number of nitrogen functional groups attached to an aromatic ring is 1. The van der Waals surface area contributed by atoms with Crippen LogP contribution in [-0.4, -0.2) is 26.6 Å². The van der Waals surface area contributed by atoms with Crippen LogP contribution in [0.15, 0.2) is 18.2 Å². The summed E-state index contributed by atoms with van der Waals surface area (Å²) in [6, 6.07) is 5.37. The molecule has 0 spiro atoms. The molecule has 0 unspecified atom stereocenters. The minimum atomic E-state index is 0.0438. The van der Waals surface area contributed by atoms with Crippen molar-refractivity contribution >= 4 is 17.3 Å². The molecule has 1 heterocycles. The van der Waals surface area contributed by atoms with Crippen molar-refractivity contribution in [2.45, 2.75) is 0 Å². The Labute approximate surface area is 82.5 Å². The molecule has 1 aromatic rings. The van der Waals surface area contributed by atoms with Crippen molar-refractivity contribution in [1.82, 2.24) is 4.48 Å². The summed E-state index contributed by atoms with van der Waals surface area (Å²) in [6.07, 6.45) is 0. The highest BCUT2D eigenvalue weighted by atomic mass is 16.5. The van der Waals surface area contributed by atoms with E-state index in [1.165, 1.54) is 0 Å². The number of hydrogen-bond acceptors (Lipinski definition) is 3. The fraction of sp³-hybridized carbons (Fsp3) is 0.300. The van der Waals surface area contributed by atoms with Gasteiger partial charge in [0.2, 0.25) is 6.61 Å². The number of carbonyl (C=O) groups is 1. The van der Waals surface area contributed by atoms with Crippen LogP contribution in [0.3, 0.4) is 0 Å². The second kappa shape index (κ2) is 2.72. The molecule has 0 radical (unpaired) electrons. The third-order valence-corrected chi connectivity index (χ3v) is 2.56. The van der Waals surface area contributed by atoms with Crippen molar-refractivity contribution in [2.24, 2.45) is 0 Å². The number of rotatable bonds is 0. The van der Waals surface area contributed by atoms with Crippen LogP contribution >= 0.6 is 0 Å². The molecule has 1 aliphatic heterocycles. The van der Waals surface area contributed by atoms with Gasteiger partial charge in [0.25, 0.3) is 0 Å². The predicted octanol–water partition coefficient (Wildman–Crippen LogP) is 0.755. The number of nitrogens with two attached hydrogens (primary N) is 1. The Kier molecular flexibility index (Phi) is 1.75. The summed E-state index contributed by atoms with van der Waals surface area (Å²) in [4.78, 5) is 11.6. The average molecular weight is 193 g/mol. The molecule has 1 amide bonds. The van der Waals surface area contributed by atoms with Crippen LogP contribution in [-0.2, 0) is 4.79 Å². The summed E-state index contributed by atoms with van der Waals surface area (Å²) in [5.41, 5.74) is 7.14. The van der Waals surface area contributed by atoms with E-state index in [1.807, 2.05) is 20.2 Å². The van der Waals surface area contributed by atoms with E-state index in [4.69, 9.17) is 10.5 Å². The number of fused-ring (bicyclic) bond motifs is 1. The predicted molar refractivity (Wildman–Crippen MR) is 55.0 cm³/mol. The Morgan fingerprint density at radius 3 is 2.86 bits per heavy atom. The molecule has 4 heteroatoms. The summed E-state index contributed by atoms with van der Waals surface area (Å²) in [5, 5.41) is 0. The van der Waals surface area contributed by atoms with E-state index in [-0.39, 0.29) is 17.0 Å². The van der Waals surface area contributed by atoms with E-state index >= 15 is 0 Å². The Bertz CT molecular complexity index is 399. The third-order valence-electron chi connectivity index (χ3n) is 2.56. The zero-order valence-corrected chi connectivity index (χ0v) is 8.28. The Morgan fingerprint density at radius 2 is 2.14 bits per heavy atom. The van der Waals surface area contributed by atoms with E-state index in [0.717, 1.165) is 5.69 Å². The molecule has 0 saturated heterocycles. The Balaban J connectivity index is 2.59. The zero-order chi connectivity index (χ0) is 10.3. The van der Waals surface area contributed by atoms with Crippen molar-refractivity contribution in [3.05, 3.63) is 18.2 Å². The second-order valence-corrected chi connectivity index (χ2v) is 3.86. The molecule has 0 bridgehead atoms. The summed E-state index contributed by atoms with van der Waals surface area (Å²) >= 11 is 0. The first-order valence-corrected chi connectivity index (χ1v) is 4.42. The van der Waals surface area contributed by atoms with E-state index in [2.05, 4.69) is 0 Å². The quantitative estimate of drug-likeness (QED) is 0.488. The highest BCUT2D eigenvalue weighted by molar-refractivity contribution is 5.92. The number of hydrogen-bond donors (Lipinski definition) is 1. The van der Waals surface area contributed by atoms with Gasteiger partial charge in [0.05, 0.1) is 14.1 Å². The highest BCUT2D eigenvalue weighted by Crippen LogP contribution is 2.36. The van der Waals surface area contributed by atoms with Gasteiger partial charge in [0, 0.05) is 17.8 Å². The summed E-state index contributed by atoms with van der Waals surface area (Å²) in [6.45, 7) is 0.115. The number of anilines is 1. The Hall–Kier alpha value is -1.55. The molecule has 0 saturated carbocycles. The molecule has 1 aliphatic rings. The third kappa shape index (κ3) is 1.15. The lowest BCUT2D eigenvalue weighted by atomic mass is 10.2. The van der Waals surface area contributed by atoms with E-state index in [1.54, 1.807) is 12.1 Å². The van der Waals surface area contributed by atoms with Gasteiger partial charge in [-0.3, -0.25) is 0 Å². The van der Waals surface area contributed by atoms with Crippen LogP contribution in [0.2, 0.25) is 0 Å². The van der Waals surface area contributed by atoms with Gasteiger partial charge in [-0.1, -0.05) is 0 Å². The largest absolute Gasteiger partial charge is 0.473 e. The molecule has 0 aliphatic carbocycles. The number of carbonyl (C=O) groups excluding carboxylic acids is 1. The smallest absolute Gasteiger partial charge is 0.356 e. The first-order chi connectivity index (χ1) is 6.51. The topological polar surface area (TPSA) is 52.3 Å². The lowest BCUT2D eigenvalue weighted by Crippen LogP contribution is -2.51. The van der Waals surface area contributed by atoms with Crippen molar-refractivity contribution in [2.75, 3.05) is 26.4 Å². The molecular weight excluding hydrogens is 180 g/mol. The first-order valence-electron chi connectivity index (χ1n) is 4.42. The highest BCUT2D eigenvalue weighted by Gasteiger charge is 2.37. The number of benzene rings is 1. The van der Waals surface area contributed by atoms with Crippen LogP contribution < -0.4 is 15.0 Å². The maximum absolute atomic E-state index is 11.6. The van der Waals surface area contributed by atoms with Crippen molar-refractivity contribution in [1.29, 1.82) is 0 Å². The number of quaternary nitrogens is 1. The van der Waals surface area contributed by atoms with E-state index < -0.39 is 0 Å². The molecule has 0 atom stereocenters. The molecule has 1 aromatic carbocycles. The first kappa shape index (κ1) is 9.02. The van der Waals surface area contributed by atoms with Crippen molar-refractivity contribution in [3.63, 3.8) is 0 Å². The van der Waals surface area contributed by atoms with Gasteiger partial charge < -0.3 is 10.5 Å². The van der Waals surface area contributed by atoms with Gasteiger partial charge in [0.15, 0.2) is 11.4 Å². The molecule has 14 heavy (non-hydrogen) atoms. The Morgan fingerprint density at radius 1 is 1.43 bits per heavy atom. The van der Waals surface area contributed by atoms with E-state index in [9.17, 15) is 4.79 Å². The maximum atomic E-state index is 11.6. The molecule has 74 valence electrons. The SMILES string of the molecule is C[N+]1(C)C(=O)COc2cc(N)ccc21. The van der Waals surface area contributed by atoms with Gasteiger partial charge in [-0.2, -0.15) is 0 Å². The van der Waals surface area contributed by atoms with Crippen LogP contribution in [0.4, 0.5) is 11.4 Å². The zero-order valence-electron chi connectivity index (χ0n) is 8.28. The van der Waals surface area contributed by atoms with Crippen LogP contribution in [0.5, 0.6) is 5.75 Å². The molecule has 4 nitrogen and oxygen atoms in total. The fourth-order valence-electron chi connectivity index (χ4n) is 1.54. The normalized spacial score (nSPS) is 18.6. The van der Waals surface area contributed by atoms with Crippen LogP contribution in [0.25, 0.3) is 0 Å². The molecular formula is C10H13N2O2+. The average Bonchev–Trinajstić information content (AvgIpc) is 2.12. The van der Waals surface area contributed by atoms with Crippen LogP contribution in [0, 0.1) is 0 Å². The summed E-state index contributed by atoms with van der Waals surface area (Å²) in [5.74, 6) is 0.747. The minimum absolute atomic E-state index is 0.0438. The minimum Gasteiger partial charge on any atom is -0.473 e. The number of likely N-dealkylation sites (N-methyl/N-ethyl adjacent to an activating group) is 1. The van der Waals surface area contributed by atoms with Gasteiger partial charge in [-0.25, -0.2) is 9.28 Å². The lowest BCUT2D eigenvalue weighted by molar-refractivity contribution is -0.131. The van der Waals surface area contributed by atoms with Gasteiger partial charge >= 0.3 is 5.91 Å².